The van der Waals surface area contributed by atoms with Gasteiger partial charge in [0.15, 0.2) is 0 Å². The van der Waals surface area contributed by atoms with Crippen molar-refractivity contribution in [3.8, 4) is 11.1 Å². The summed E-state index contributed by atoms with van der Waals surface area (Å²) < 4.78 is 1.83. The number of aliphatic hydroxyl groups excluding tert-OH is 1. The number of aromatic nitrogens is 2. The highest BCUT2D eigenvalue weighted by Crippen LogP contribution is 2.37. The molecular formula is C24H26N4O4. The Bertz CT molecular complexity index is 1180. The van der Waals surface area contributed by atoms with E-state index in [9.17, 15) is 19.8 Å². The fourth-order valence-electron chi connectivity index (χ4n) is 4.39. The zero-order chi connectivity index (χ0) is 22.5. The first kappa shape index (κ1) is 20.7. The van der Waals surface area contributed by atoms with E-state index in [0.717, 1.165) is 22.0 Å². The topological polar surface area (TPSA) is 98.9 Å². The second-order valence-corrected chi connectivity index (χ2v) is 8.74. The molecule has 1 aliphatic carbocycles. The second-order valence-electron chi connectivity index (χ2n) is 8.74. The summed E-state index contributed by atoms with van der Waals surface area (Å²) in [7, 11) is 1.91. The van der Waals surface area contributed by atoms with Gasteiger partial charge in [0.25, 0.3) is 11.8 Å². The molecule has 3 aromatic rings. The molecule has 8 heteroatoms. The van der Waals surface area contributed by atoms with Gasteiger partial charge < -0.3 is 20.0 Å². The fraction of sp³-hybridized carbons (Fsp3) is 0.375. The lowest BCUT2D eigenvalue weighted by Crippen LogP contribution is -2.60. The summed E-state index contributed by atoms with van der Waals surface area (Å²) in [5, 5.41) is 25.3. The number of aryl methyl sites for hydroxylation is 1. The number of hydrogen-bond donors (Lipinski definition) is 2. The maximum Gasteiger partial charge on any atom is 0.254 e. The van der Waals surface area contributed by atoms with E-state index in [-0.39, 0.29) is 25.0 Å². The van der Waals surface area contributed by atoms with E-state index in [1.165, 1.54) is 4.90 Å². The van der Waals surface area contributed by atoms with E-state index >= 15 is 0 Å². The minimum absolute atomic E-state index is 0.130. The van der Waals surface area contributed by atoms with Crippen LogP contribution in [0.2, 0.25) is 0 Å². The van der Waals surface area contributed by atoms with Gasteiger partial charge >= 0.3 is 0 Å². The Morgan fingerprint density at radius 3 is 2.50 bits per heavy atom. The molecule has 1 saturated carbocycles. The van der Waals surface area contributed by atoms with Crippen molar-refractivity contribution >= 4 is 22.7 Å². The molecule has 5 rings (SSSR count). The molecular weight excluding hydrogens is 408 g/mol. The molecule has 1 aromatic heterocycles. The Morgan fingerprint density at radius 2 is 1.81 bits per heavy atom. The molecule has 1 atom stereocenters. The Morgan fingerprint density at radius 1 is 1.09 bits per heavy atom. The van der Waals surface area contributed by atoms with E-state index < -0.39 is 11.6 Å². The van der Waals surface area contributed by atoms with Crippen molar-refractivity contribution in [2.24, 2.45) is 7.05 Å². The third-order valence-electron chi connectivity index (χ3n) is 6.57. The molecule has 2 heterocycles. The number of rotatable bonds is 4. The Labute approximate surface area is 185 Å². The molecule has 2 fully saturated rings. The largest absolute Gasteiger partial charge is 0.394 e. The lowest BCUT2D eigenvalue weighted by Gasteiger charge is -2.41. The van der Waals surface area contributed by atoms with Gasteiger partial charge in [0, 0.05) is 37.6 Å². The van der Waals surface area contributed by atoms with Crippen LogP contribution in [0.5, 0.6) is 0 Å². The molecule has 166 valence electrons. The van der Waals surface area contributed by atoms with Crippen molar-refractivity contribution in [3.05, 3.63) is 54.2 Å². The molecule has 32 heavy (non-hydrogen) atoms. The zero-order valence-corrected chi connectivity index (χ0v) is 17.9. The zero-order valence-electron chi connectivity index (χ0n) is 17.9. The second kappa shape index (κ2) is 7.72. The number of amides is 2. The molecule has 0 radical (unpaired) electrons. The molecule has 8 nitrogen and oxygen atoms in total. The smallest absolute Gasteiger partial charge is 0.254 e. The Hall–Kier alpha value is -3.23. The predicted molar refractivity (Wildman–Crippen MR) is 119 cm³/mol. The molecule has 1 aliphatic heterocycles. The van der Waals surface area contributed by atoms with Gasteiger partial charge in [-0.15, -0.1) is 0 Å². The summed E-state index contributed by atoms with van der Waals surface area (Å²) in [6, 6.07) is 13.1. The summed E-state index contributed by atoms with van der Waals surface area (Å²) in [5.74, 6) is -0.464. The lowest BCUT2D eigenvalue weighted by molar-refractivity contribution is -0.148. The number of piperazine rings is 1. The van der Waals surface area contributed by atoms with Crippen LogP contribution in [-0.2, 0) is 11.8 Å². The lowest BCUT2D eigenvalue weighted by atomic mass is 10.0. The van der Waals surface area contributed by atoms with Crippen LogP contribution >= 0.6 is 0 Å². The summed E-state index contributed by atoms with van der Waals surface area (Å²) in [6.45, 7) is 0.676. The normalized spacial score (nSPS) is 19.9. The van der Waals surface area contributed by atoms with Crippen LogP contribution in [0.1, 0.15) is 23.2 Å². The molecule has 0 bridgehead atoms. The summed E-state index contributed by atoms with van der Waals surface area (Å²) in [4.78, 5) is 28.7. The van der Waals surface area contributed by atoms with E-state index in [2.05, 4.69) is 11.2 Å². The van der Waals surface area contributed by atoms with Crippen LogP contribution < -0.4 is 0 Å². The third kappa shape index (κ3) is 3.55. The van der Waals surface area contributed by atoms with Crippen LogP contribution in [0.15, 0.2) is 48.7 Å². The van der Waals surface area contributed by atoms with E-state index in [0.29, 0.717) is 31.5 Å². The molecule has 0 unspecified atom stereocenters. The SMILES string of the molecule is Cn1ncc2cc(-c3ccc(C(=O)N4CCN(C(=O)C5(O)CC5)[C@@H](CO)C4)cc3)ccc21. The number of aliphatic hydroxyl groups is 2. The maximum atomic E-state index is 13.1. The number of fused-ring (bicyclic) bond motifs is 1. The van der Waals surface area contributed by atoms with Crippen molar-refractivity contribution in [2.75, 3.05) is 26.2 Å². The van der Waals surface area contributed by atoms with Gasteiger partial charge in [0.05, 0.1) is 24.4 Å². The highest BCUT2D eigenvalue weighted by molar-refractivity contribution is 5.95. The van der Waals surface area contributed by atoms with Gasteiger partial charge in [-0.1, -0.05) is 18.2 Å². The third-order valence-corrected chi connectivity index (χ3v) is 6.57. The van der Waals surface area contributed by atoms with Crippen molar-refractivity contribution in [1.82, 2.24) is 19.6 Å². The van der Waals surface area contributed by atoms with Gasteiger partial charge in [-0.25, -0.2) is 0 Å². The number of nitrogens with zero attached hydrogens (tertiary/aromatic N) is 4. The number of carbonyl (C=O) groups is 2. The summed E-state index contributed by atoms with van der Waals surface area (Å²) >= 11 is 0. The first-order valence-electron chi connectivity index (χ1n) is 10.9. The van der Waals surface area contributed by atoms with Crippen molar-refractivity contribution in [3.63, 3.8) is 0 Å². The van der Waals surface area contributed by atoms with Crippen LogP contribution in [-0.4, -0.2) is 79.5 Å². The van der Waals surface area contributed by atoms with Crippen LogP contribution in [0, 0.1) is 0 Å². The quantitative estimate of drug-likeness (QED) is 0.647. The monoisotopic (exact) mass is 434 g/mol. The average Bonchev–Trinajstić information content (AvgIpc) is 3.48. The Balaban J connectivity index is 1.29. The van der Waals surface area contributed by atoms with Crippen molar-refractivity contribution in [2.45, 2.75) is 24.5 Å². The predicted octanol–water partition coefficient (Wildman–Crippen LogP) is 1.41. The minimum Gasteiger partial charge on any atom is -0.394 e. The highest BCUT2D eigenvalue weighted by atomic mass is 16.3. The number of benzene rings is 2. The van der Waals surface area contributed by atoms with Gasteiger partial charge in [0.2, 0.25) is 0 Å². The maximum absolute atomic E-state index is 13.1. The molecule has 2 amide bonds. The Kier molecular flexibility index (Phi) is 4.98. The van der Waals surface area contributed by atoms with Gasteiger partial charge in [-0.05, 0) is 48.2 Å². The van der Waals surface area contributed by atoms with Crippen molar-refractivity contribution in [1.29, 1.82) is 0 Å². The van der Waals surface area contributed by atoms with E-state index in [4.69, 9.17) is 0 Å². The van der Waals surface area contributed by atoms with Gasteiger partial charge in [-0.3, -0.25) is 14.3 Å². The summed E-state index contributed by atoms with van der Waals surface area (Å²) in [6.07, 6.45) is 2.76. The molecule has 2 aromatic carbocycles. The number of carbonyl (C=O) groups excluding carboxylic acids is 2. The van der Waals surface area contributed by atoms with E-state index in [1.807, 2.05) is 54.3 Å². The highest BCUT2D eigenvalue weighted by Gasteiger charge is 2.52. The minimum atomic E-state index is -1.27. The van der Waals surface area contributed by atoms with Gasteiger partial charge in [-0.2, -0.15) is 5.10 Å². The number of hydrogen-bond acceptors (Lipinski definition) is 5. The first-order chi connectivity index (χ1) is 15.4. The van der Waals surface area contributed by atoms with Crippen LogP contribution in [0.25, 0.3) is 22.0 Å². The molecule has 2 aliphatic rings. The average molecular weight is 434 g/mol. The summed E-state index contributed by atoms with van der Waals surface area (Å²) in [5.41, 5.74) is 2.41. The van der Waals surface area contributed by atoms with Gasteiger partial charge in [0.1, 0.15) is 5.60 Å². The molecule has 0 spiro atoms. The van der Waals surface area contributed by atoms with Crippen LogP contribution in [0.4, 0.5) is 0 Å². The van der Waals surface area contributed by atoms with Crippen molar-refractivity contribution < 1.29 is 19.8 Å². The fourth-order valence-corrected chi connectivity index (χ4v) is 4.39. The molecule has 2 N–H and O–H groups in total. The van der Waals surface area contributed by atoms with E-state index in [1.54, 1.807) is 4.90 Å². The van der Waals surface area contributed by atoms with Crippen LogP contribution in [0.3, 0.4) is 0 Å². The molecule has 1 saturated heterocycles. The standard InChI is InChI=1S/C24H26N4O4/c1-26-21-7-6-18(12-19(21)13-25-26)16-2-4-17(5-3-16)22(30)27-10-11-28(20(14-27)15-29)23(31)24(32)8-9-24/h2-7,12-13,20,29,32H,8-11,14-15H2,1H3/t20-/m1/s1. The first-order valence-corrected chi connectivity index (χ1v) is 10.9.